The molecule has 0 radical (unpaired) electrons. The third kappa shape index (κ3) is 3.25. The molecule has 2 saturated heterocycles. The lowest BCUT2D eigenvalue weighted by Crippen LogP contribution is -2.36. The van der Waals surface area contributed by atoms with Crippen LogP contribution in [0, 0.1) is 0 Å². The summed E-state index contributed by atoms with van der Waals surface area (Å²) in [6, 6.07) is 6.95. The van der Waals surface area contributed by atoms with Crippen LogP contribution in [0.15, 0.2) is 24.3 Å². The molecule has 1 unspecified atom stereocenters. The fourth-order valence-corrected chi connectivity index (χ4v) is 2.99. The summed E-state index contributed by atoms with van der Waals surface area (Å²) in [4.78, 5) is 27.3. The van der Waals surface area contributed by atoms with Crippen molar-refractivity contribution < 1.29 is 19.1 Å². The lowest BCUT2D eigenvalue weighted by molar-refractivity contribution is -0.128. The Kier molecular flexibility index (Phi) is 4.69. The van der Waals surface area contributed by atoms with Gasteiger partial charge in [0.2, 0.25) is 0 Å². The quantitative estimate of drug-likeness (QED) is 0.724. The monoisotopic (exact) mass is 318 g/mol. The molecule has 0 saturated carbocycles. The number of urea groups is 1. The van der Waals surface area contributed by atoms with Crippen molar-refractivity contribution in [2.75, 3.05) is 26.3 Å². The van der Waals surface area contributed by atoms with Gasteiger partial charge in [-0.3, -0.25) is 9.69 Å². The predicted octanol–water partition coefficient (Wildman–Crippen LogP) is 2.28. The lowest BCUT2D eigenvalue weighted by Gasteiger charge is -2.16. The third-order valence-corrected chi connectivity index (χ3v) is 4.16. The topological polar surface area (TPSA) is 59.1 Å². The maximum atomic E-state index is 12.2. The minimum Gasteiger partial charge on any atom is -0.494 e. The SMILES string of the molecule is CCCOc1ccc(OCCN2C(=O)C3CCCN3C2=O)cc1. The van der Waals surface area contributed by atoms with Crippen molar-refractivity contribution in [1.82, 2.24) is 9.80 Å². The smallest absolute Gasteiger partial charge is 0.327 e. The van der Waals surface area contributed by atoms with E-state index in [9.17, 15) is 9.59 Å². The summed E-state index contributed by atoms with van der Waals surface area (Å²) in [6.07, 6.45) is 2.66. The zero-order valence-electron chi connectivity index (χ0n) is 13.4. The Morgan fingerprint density at radius 2 is 1.74 bits per heavy atom. The highest BCUT2D eigenvalue weighted by Crippen LogP contribution is 2.27. The van der Waals surface area contributed by atoms with E-state index in [1.54, 1.807) is 4.90 Å². The Bertz CT molecular complexity index is 550. The van der Waals surface area contributed by atoms with E-state index in [1.807, 2.05) is 24.3 Å². The molecule has 0 N–H and O–H groups in total. The van der Waals surface area contributed by atoms with Gasteiger partial charge in [0.05, 0.1) is 13.2 Å². The second-order valence-corrected chi connectivity index (χ2v) is 5.79. The minimum absolute atomic E-state index is 0.0839. The van der Waals surface area contributed by atoms with Crippen LogP contribution in [0.2, 0.25) is 0 Å². The Morgan fingerprint density at radius 1 is 1.09 bits per heavy atom. The van der Waals surface area contributed by atoms with E-state index in [0.29, 0.717) is 32.1 Å². The molecule has 1 atom stereocenters. The lowest BCUT2D eigenvalue weighted by atomic mass is 10.2. The maximum absolute atomic E-state index is 12.2. The van der Waals surface area contributed by atoms with Crippen molar-refractivity contribution in [2.45, 2.75) is 32.2 Å². The van der Waals surface area contributed by atoms with E-state index in [-0.39, 0.29) is 18.0 Å². The fourth-order valence-electron chi connectivity index (χ4n) is 2.99. The number of hydrogen-bond donors (Lipinski definition) is 0. The molecule has 6 heteroatoms. The Morgan fingerprint density at radius 3 is 2.35 bits per heavy atom. The van der Waals surface area contributed by atoms with E-state index in [0.717, 1.165) is 25.0 Å². The average Bonchev–Trinajstić information content (AvgIpc) is 3.13. The molecule has 0 bridgehead atoms. The molecular formula is C17H22N2O4. The molecule has 6 nitrogen and oxygen atoms in total. The van der Waals surface area contributed by atoms with Crippen LogP contribution < -0.4 is 9.47 Å². The number of rotatable bonds is 7. The molecule has 23 heavy (non-hydrogen) atoms. The van der Waals surface area contributed by atoms with Crippen LogP contribution in [0.5, 0.6) is 11.5 Å². The summed E-state index contributed by atoms with van der Waals surface area (Å²) in [5, 5.41) is 0. The molecule has 0 aliphatic carbocycles. The summed E-state index contributed by atoms with van der Waals surface area (Å²) in [5.74, 6) is 1.43. The fraction of sp³-hybridized carbons (Fsp3) is 0.529. The number of benzene rings is 1. The van der Waals surface area contributed by atoms with Gasteiger partial charge in [-0.05, 0) is 43.5 Å². The van der Waals surface area contributed by atoms with Crippen LogP contribution >= 0.6 is 0 Å². The van der Waals surface area contributed by atoms with Crippen LogP contribution in [0.3, 0.4) is 0 Å². The number of nitrogens with zero attached hydrogens (tertiary/aromatic N) is 2. The minimum atomic E-state index is -0.238. The van der Waals surface area contributed by atoms with E-state index < -0.39 is 0 Å². The molecule has 3 rings (SSSR count). The molecule has 1 aromatic rings. The molecule has 2 heterocycles. The van der Waals surface area contributed by atoms with Crippen molar-refractivity contribution in [3.8, 4) is 11.5 Å². The summed E-state index contributed by atoms with van der Waals surface area (Å²) in [7, 11) is 0. The standard InChI is InChI=1S/C17H22N2O4/c1-2-11-22-13-5-7-14(8-6-13)23-12-10-19-16(20)15-4-3-9-18(15)17(19)21/h5-8,15H,2-4,9-12H2,1H3. The van der Waals surface area contributed by atoms with Crippen LogP contribution in [0.1, 0.15) is 26.2 Å². The van der Waals surface area contributed by atoms with Gasteiger partial charge < -0.3 is 14.4 Å². The summed E-state index contributed by atoms with van der Waals surface area (Å²) in [6.45, 7) is 4.03. The zero-order valence-corrected chi connectivity index (χ0v) is 13.4. The first kappa shape index (κ1) is 15.6. The summed E-state index contributed by atoms with van der Waals surface area (Å²) >= 11 is 0. The van der Waals surface area contributed by atoms with Gasteiger partial charge in [-0.2, -0.15) is 0 Å². The molecule has 0 aromatic heterocycles. The first-order valence-corrected chi connectivity index (χ1v) is 8.18. The van der Waals surface area contributed by atoms with Crippen LogP contribution in [0.4, 0.5) is 4.79 Å². The highest BCUT2D eigenvalue weighted by Gasteiger charge is 2.46. The molecule has 0 spiro atoms. The third-order valence-electron chi connectivity index (χ3n) is 4.16. The Labute approximate surface area is 136 Å². The Balaban J connectivity index is 1.48. The number of carbonyl (C=O) groups is 2. The number of imide groups is 1. The maximum Gasteiger partial charge on any atom is 0.327 e. The van der Waals surface area contributed by atoms with E-state index in [1.165, 1.54) is 4.90 Å². The van der Waals surface area contributed by atoms with Gasteiger partial charge in [0, 0.05) is 6.54 Å². The van der Waals surface area contributed by atoms with Crippen molar-refractivity contribution in [1.29, 1.82) is 0 Å². The second-order valence-electron chi connectivity index (χ2n) is 5.79. The van der Waals surface area contributed by atoms with Crippen molar-refractivity contribution >= 4 is 11.9 Å². The molecule has 124 valence electrons. The first-order chi connectivity index (χ1) is 11.2. The summed E-state index contributed by atoms with van der Waals surface area (Å²) in [5.41, 5.74) is 0. The van der Waals surface area contributed by atoms with Gasteiger partial charge in [0.15, 0.2) is 0 Å². The highest BCUT2D eigenvalue weighted by atomic mass is 16.5. The second kappa shape index (κ2) is 6.89. The van der Waals surface area contributed by atoms with Crippen LogP contribution in [0.25, 0.3) is 0 Å². The van der Waals surface area contributed by atoms with Gasteiger partial charge in [0.1, 0.15) is 24.1 Å². The van der Waals surface area contributed by atoms with Gasteiger partial charge >= 0.3 is 6.03 Å². The van der Waals surface area contributed by atoms with Gasteiger partial charge in [-0.15, -0.1) is 0 Å². The summed E-state index contributed by atoms with van der Waals surface area (Å²) < 4.78 is 11.1. The van der Waals surface area contributed by atoms with Crippen LogP contribution in [-0.4, -0.2) is 54.1 Å². The molecule has 1 aromatic carbocycles. The Hall–Kier alpha value is -2.24. The molecule has 2 aliphatic rings. The van der Waals surface area contributed by atoms with Crippen LogP contribution in [-0.2, 0) is 4.79 Å². The number of carbonyl (C=O) groups excluding carboxylic acids is 2. The average molecular weight is 318 g/mol. The normalized spacial score (nSPS) is 20.1. The van der Waals surface area contributed by atoms with E-state index in [2.05, 4.69) is 6.92 Å². The number of fused-ring (bicyclic) bond motifs is 1. The van der Waals surface area contributed by atoms with E-state index >= 15 is 0 Å². The van der Waals surface area contributed by atoms with Gasteiger partial charge in [-0.25, -0.2) is 4.79 Å². The molecule has 2 aliphatic heterocycles. The molecule has 3 amide bonds. The zero-order chi connectivity index (χ0) is 16.2. The van der Waals surface area contributed by atoms with Crippen molar-refractivity contribution in [3.05, 3.63) is 24.3 Å². The van der Waals surface area contributed by atoms with Gasteiger partial charge in [0.25, 0.3) is 5.91 Å². The van der Waals surface area contributed by atoms with Gasteiger partial charge in [-0.1, -0.05) is 6.92 Å². The molecule has 2 fully saturated rings. The highest BCUT2D eigenvalue weighted by molar-refractivity contribution is 6.04. The molecular weight excluding hydrogens is 296 g/mol. The number of amides is 3. The first-order valence-electron chi connectivity index (χ1n) is 8.18. The predicted molar refractivity (Wildman–Crippen MR) is 84.6 cm³/mol. The number of hydrogen-bond acceptors (Lipinski definition) is 4. The largest absolute Gasteiger partial charge is 0.494 e. The van der Waals surface area contributed by atoms with E-state index in [4.69, 9.17) is 9.47 Å². The number of ether oxygens (including phenoxy) is 2. The van der Waals surface area contributed by atoms with Crippen molar-refractivity contribution in [2.24, 2.45) is 0 Å². The van der Waals surface area contributed by atoms with Crippen molar-refractivity contribution in [3.63, 3.8) is 0 Å².